The van der Waals surface area contributed by atoms with Gasteiger partial charge in [0.15, 0.2) is 5.60 Å². The second kappa shape index (κ2) is 10.1. The number of rotatable bonds is 7. The lowest BCUT2D eigenvalue weighted by Crippen LogP contribution is -2.55. The van der Waals surface area contributed by atoms with Gasteiger partial charge in [0.1, 0.15) is 12.4 Å². The van der Waals surface area contributed by atoms with E-state index in [1.165, 1.54) is 18.5 Å². The molecular formula is C24H27ClF3N5O3. The van der Waals surface area contributed by atoms with E-state index in [9.17, 15) is 22.8 Å². The molecule has 4 heterocycles. The van der Waals surface area contributed by atoms with Gasteiger partial charge in [-0.1, -0.05) is 11.6 Å². The lowest BCUT2D eigenvalue weighted by Gasteiger charge is -2.40. The predicted octanol–water partition coefficient (Wildman–Crippen LogP) is 3.90. The van der Waals surface area contributed by atoms with Gasteiger partial charge in [-0.3, -0.25) is 9.59 Å². The minimum absolute atomic E-state index is 0.0419. The van der Waals surface area contributed by atoms with Gasteiger partial charge in [-0.15, -0.1) is 0 Å². The van der Waals surface area contributed by atoms with Crippen molar-refractivity contribution in [3.63, 3.8) is 0 Å². The van der Waals surface area contributed by atoms with E-state index < -0.39 is 24.2 Å². The van der Waals surface area contributed by atoms with E-state index in [0.29, 0.717) is 29.6 Å². The van der Waals surface area contributed by atoms with Crippen LogP contribution in [0.2, 0.25) is 5.02 Å². The van der Waals surface area contributed by atoms with Crippen LogP contribution in [0.5, 0.6) is 5.88 Å². The molecule has 12 heteroatoms. The summed E-state index contributed by atoms with van der Waals surface area (Å²) in [4.78, 5) is 35.5. The van der Waals surface area contributed by atoms with Gasteiger partial charge in [0, 0.05) is 36.6 Å². The SMILES string of the molecule is CC(C)(Oc1ccc(Cl)cn1)C(=O)NC1C[C@H]2CC[C@@H](C1)N2c1ccc(C(=O)NCC(F)(F)F)cn1. The Balaban J connectivity index is 1.34. The first-order valence-electron chi connectivity index (χ1n) is 11.6. The van der Waals surface area contributed by atoms with Crippen molar-refractivity contribution in [1.29, 1.82) is 0 Å². The topological polar surface area (TPSA) is 96.5 Å². The number of nitrogens with one attached hydrogen (secondary N) is 2. The number of aromatic nitrogens is 2. The van der Waals surface area contributed by atoms with Gasteiger partial charge < -0.3 is 20.3 Å². The molecule has 0 aliphatic carbocycles. The average molecular weight is 526 g/mol. The van der Waals surface area contributed by atoms with Gasteiger partial charge in [0.05, 0.1) is 10.6 Å². The summed E-state index contributed by atoms with van der Waals surface area (Å²) in [6.07, 6.45) is 1.56. The Kier molecular flexibility index (Phi) is 7.31. The highest BCUT2D eigenvalue weighted by Gasteiger charge is 2.43. The van der Waals surface area contributed by atoms with Gasteiger partial charge in [0.2, 0.25) is 5.88 Å². The standard InChI is InChI=1S/C24H27ClF3N5O3/c1-23(2,36-20-8-4-15(25)12-30-20)22(35)32-16-9-17-5-6-18(10-16)33(17)19-7-3-14(11-29-19)21(34)31-13-24(26,27)28/h3-4,7-8,11-12,16-18H,5-6,9-10,13H2,1-2H3,(H,31,34)(H,32,35)/t16?,17-,18+. The zero-order chi connectivity index (χ0) is 26.1. The first kappa shape index (κ1) is 26.0. The third-order valence-corrected chi connectivity index (χ3v) is 6.62. The summed E-state index contributed by atoms with van der Waals surface area (Å²) in [6.45, 7) is 1.96. The van der Waals surface area contributed by atoms with Crippen LogP contribution in [0.15, 0.2) is 36.7 Å². The van der Waals surface area contributed by atoms with E-state index in [1.807, 2.05) is 5.32 Å². The van der Waals surface area contributed by atoms with Crippen molar-refractivity contribution < 1.29 is 27.5 Å². The lowest BCUT2D eigenvalue weighted by atomic mass is 9.96. The van der Waals surface area contributed by atoms with Crippen molar-refractivity contribution >= 4 is 29.2 Å². The van der Waals surface area contributed by atoms with Crippen LogP contribution in [0.1, 0.15) is 49.9 Å². The van der Waals surface area contributed by atoms with E-state index in [4.69, 9.17) is 16.3 Å². The number of carbonyl (C=O) groups is 2. The fourth-order valence-electron chi connectivity index (χ4n) is 4.71. The highest BCUT2D eigenvalue weighted by Crippen LogP contribution is 2.38. The van der Waals surface area contributed by atoms with Crippen molar-refractivity contribution in [3.8, 4) is 5.88 Å². The largest absolute Gasteiger partial charge is 0.462 e. The molecule has 2 aliphatic rings. The molecule has 8 nitrogen and oxygen atoms in total. The van der Waals surface area contributed by atoms with Gasteiger partial charge >= 0.3 is 6.18 Å². The van der Waals surface area contributed by atoms with Crippen LogP contribution in [-0.2, 0) is 4.79 Å². The Labute approximate surface area is 211 Å². The molecule has 2 amide bonds. The molecule has 2 aromatic heterocycles. The van der Waals surface area contributed by atoms with Gasteiger partial charge in [0.25, 0.3) is 11.8 Å². The molecule has 2 saturated heterocycles. The maximum Gasteiger partial charge on any atom is 0.405 e. The first-order valence-corrected chi connectivity index (χ1v) is 12.0. The number of alkyl halides is 3. The van der Waals surface area contributed by atoms with Crippen LogP contribution in [0.4, 0.5) is 19.0 Å². The summed E-state index contributed by atoms with van der Waals surface area (Å²) in [5.74, 6) is -0.105. The monoisotopic (exact) mass is 525 g/mol. The molecule has 1 unspecified atom stereocenters. The third-order valence-electron chi connectivity index (χ3n) is 6.40. The number of amides is 2. The van der Waals surface area contributed by atoms with Crippen molar-refractivity contribution in [1.82, 2.24) is 20.6 Å². The number of hydrogen-bond donors (Lipinski definition) is 2. The number of ether oxygens (including phenoxy) is 1. The molecule has 2 fully saturated rings. The Morgan fingerprint density at radius 3 is 2.33 bits per heavy atom. The molecule has 2 aliphatic heterocycles. The van der Waals surface area contributed by atoms with Crippen LogP contribution >= 0.6 is 11.6 Å². The van der Waals surface area contributed by atoms with Gasteiger partial charge in [-0.05, 0) is 57.7 Å². The summed E-state index contributed by atoms with van der Waals surface area (Å²) in [5.41, 5.74) is -1.07. The minimum Gasteiger partial charge on any atom is -0.462 e. The quantitative estimate of drug-likeness (QED) is 0.569. The summed E-state index contributed by atoms with van der Waals surface area (Å²) in [7, 11) is 0. The zero-order valence-electron chi connectivity index (χ0n) is 19.8. The Hall–Kier alpha value is -3.08. The van der Waals surface area contributed by atoms with Crippen molar-refractivity contribution in [3.05, 3.63) is 47.2 Å². The fourth-order valence-corrected chi connectivity index (χ4v) is 4.83. The number of hydrogen-bond acceptors (Lipinski definition) is 6. The maximum atomic E-state index is 13.0. The predicted molar refractivity (Wildman–Crippen MR) is 127 cm³/mol. The Morgan fingerprint density at radius 1 is 1.08 bits per heavy atom. The van der Waals surface area contributed by atoms with E-state index in [2.05, 4.69) is 20.2 Å². The summed E-state index contributed by atoms with van der Waals surface area (Å²) >= 11 is 5.85. The molecule has 0 spiro atoms. The molecule has 0 aromatic carbocycles. The zero-order valence-corrected chi connectivity index (χ0v) is 20.6. The normalized spacial score (nSPS) is 21.7. The van der Waals surface area contributed by atoms with Crippen LogP contribution < -0.4 is 20.3 Å². The maximum absolute atomic E-state index is 13.0. The second-order valence-electron chi connectivity index (χ2n) is 9.56. The van der Waals surface area contributed by atoms with E-state index in [-0.39, 0.29) is 29.6 Å². The number of fused-ring (bicyclic) bond motifs is 2. The molecule has 3 atom stereocenters. The molecule has 0 saturated carbocycles. The van der Waals surface area contributed by atoms with E-state index in [0.717, 1.165) is 12.8 Å². The minimum atomic E-state index is -4.48. The second-order valence-corrected chi connectivity index (χ2v) is 10.0. The number of carbonyl (C=O) groups excluding carboxylic acids is 2. The molecule has 2 N–H and O–H groups in total. The summed E-state index contributed by atoms with van der Waals surface area (Å²) in [6, 6.07) is 6.63. The Bertz CT molecular complexity index is 1080. The third kappa shape index (κ3) is 6.18. The Morgan fingerprint density at radius 2 is 1.78 bits per heavy atom. The number of pyridine rings is 2. The van der Waals surface area contributed by atoms with Crippen LogP contribution in [-0.4, -0.2) is 58.2 Å². The van der Waals surface area contributed by atoms with Crippen LogP contribution in [0, 0.1) is 0 Å². The van der Waals surface area contributed by atoms with Crippen molar-refractivity contribution in [2.75, 3.05) is 11.4 Å². The molecular weight excluding hydrogens is 499 g/mol. The summed E-state index contributed by atoms with van der Waals surface area (Å²) < 4.78 is 42.8. The summed E-state index contributed by atoms with van der Waals surface area (Å²) in [5, 5.41) is 5.42. The molecule has 36 heavy (non-hydrogen) atoms. The number of nitrogens with zero attached hydrogens (tertiary/aromatic N) is 3. The highest BCUT2D eigenvalue weighted by molar-refractivity contribution is 6.30. The number of piperidine rings is 1. The molecule has 2 bridgehead atoms. The van der Waals surface area contributed by atoms with Gasteiger partial charge in [-0.2, -0.15) is 13.2 Å². The van der Waals surface area contributed by atoms with E-state index in [1.54, 1.807) is 32.0 Å². The first-order chi connectivity index (χ1) is 16.9. The molecule has 194 valence electrons. The lowest BCUT2D eigenvalue weighted by molar-refractivity contribution is -0.135. The number of anilines is 1. The van der Waals surface area contributed by atoms with Crippen molar-refractivity contribution in [2.45, 2.75) is 69.4 Å². The van der Waals surface area contributed by atoms with Gasteiger partial charge in [-0.25, -0.2) is 9.97 Å². The average Bonchev–Trinajstić information content (AvgIpc) is 3.08. The van der Waals surface area contributed by atoms with Crippen LogP contribution in [0.3, 0.4) is 0 Å². The van der Waals surface area contributed by atoms with Crippen LogP contribution in [0.25, 0.3) is 0 Å². The van der Waals surface area contributed by atoms with E-state index >= 15 is 0 Å². The molecule has 2 aromatic rings. The number of halogens is 4. The fraction of sp³-hybridized carbons (Fsp3) is 0.500. The molecule has 0 radical (unpaired) electrons. The highest BCUT2D eigenvalue weighted by atomic mass is 35.5. The van der Waals surface area contributed by atoms with Crippen molar-refractivity contribution in [2.24, 2.45) is 0 Å². The molecule has 4 rings (SSSR count). The smallest absolute Gasteiger partial charge is 0.405 e.